The normalized spacial score (nSPS) is 12.3. The van der Waals surface area contributed by atoms with Gasteiger partial charge in [0.05, 0.1) is 18.5 Å². The maximum Gasteiger partial charge on any atom is 0.265 e. The van der Waals surface area contributed by atoms with Gasteiger partial charge in [-0.1, -0.05) is 32.9 Å². The number of hydrogen-bond donors (Lipinski definition) is 1. The summed E-state index contributed by atoms with van der Waals surface area (Å²) < 4.78 is 11.1. The Bertz CT molecular complexity index is 974. The maximum absolute atomic E-state index is 12.5. The van der Waals surface area contributed by atoms with Crippen molar-refractivity contribution in [3.05, 3.63) is 59.6 Å². The summed E-state index contributed by atoms with van der Waals surface area (Å²) in [6, 6.07) is 14.9. The number of amides is 1. The molecular formula is C23H26N2O3S. The van der Waals surface area contributed by atoms with Crippen molar-refractivity contribution in [2.75, 3.05) is 12.4 Å². The van der Waals surface area contributed by atoms with E-state index in [9.17, 15) is 4.79 Å². The van der Waals surface area contributed by atoms with Gasteiger partial charge in [0, 0.05) is 16.4 Å². The van der Waals surface area contributed by atoms with E-state index in [1.165, 1.54) is 0 Å². The smallest absolute Gasteiger partial charge is 0.265 e. The number of rotatable bonds is 6. The monoisotopic (exact) mass is 410 g/mol. The number of para-hydroxylation sites is 2. The van der Waals surface area contributed by atoms with Crippen LogP contribution in [0, 0.1) is 0 Å². The minimum Gasteiger partial charge on any atom is -0.495 e. The van der Waals surface area contributed by atoms with Crippen LogP contribution in [-0.4, -0.2) is 24.1 Å². The number of carbonyl (C=O) groups is 1. The van der Waals surface area contributed by atoms with Crippen molar-refractivity contribution in [2.45, 2.75) is 39.2 Å². The zero-order valence-electron chi connectivity index (χ0n) is 17.4. The fraction of sp³-hybridized carbons (Fsp3) is 0.304. The third kappa shape index (κ3) is 5.15. The van der Waals surface area contributed by atoms with E-state index in [0.717, 1.165) is 16.3 Å². The molecule has 3 rings (SSSR count). The summed E-state index contributed by atoms with van der Waals surface area (Å²) in [6.45, 7) is 8.18. The summed E-state index contributed by atoms with van der Waals surface area (Å²) in [5.41, 5.74) is 2.76. The SMILES string of the molecule is COc1ccccc1NC(=O)[C@H](C)Oc1ccc(-c2nc(C(C)(C)C)cs2)cc1. The molecule has 2 aromatic carbocycles. The molecule has 0 bridgehead atoms. The Morgan fingerprint density at radius 2 is 1.79 bits per heavy atom. The lowest BCUT2D eigenvalue weighted by Gasteiger charge is -2.16. The second-order valence-corrected chi connectivity index (χ2v) is 8.62. The van der Waals surface area contributed by atoms with Gasteiger partial charge in [-0.15, -0.1) is 11.3 Å². The van der Waals surface area contributed by atoms with Crippen LogP contribution in [0.15, 0.2) is 53.9 Å². The van der Waals surface area contributed by atoms with E-state index in [4.69, 9.17) is 14.5 Å². The van der Waals surface area contributed by atoms with Crippen LogP contribution in [-0.2, 0) is 10.2 Å². The van der Waals surface area contributed by atoms with Crippen LogP contribution in [0.3, 0.4) is 0 Å². The highest BCUT2D eigenvalue weighted by molar-refractivity contribution is 7.13. The Morgan fingerprint density at radius 3 is 2.41 bits per heavy atom. The van der Waals surface area contributed by atoms with E-state index < -0.39 is 6.10 Å². The largest absolute Gasteiger partial charge is 0.495 e. The van der Waals surface area contributed by atoms with Gasteiger partial charge in [0.1, 0.15) is 16.5 Å². The molecule has 1 atom stereocenters. The van der Waals surface area contributed by atoms with E-state index in [1.54, 1.807) is 37.5 Å². The average molecular weight is 411 g/mol. The second kappa shape index (κ2) is 8.66. The Labute approximate surface area is 175 Å². The van der Waals surface area contributed by atoms with Crippen molar-refractivity contribution in [1.29, 1.82) is 0 Å². The van der Waals surface area contributed by atoms with Gasteiger partial charge in [-0.3, -0.25) is 4.79 Å². The van der Waals surface area contributed by atoms with Gasteiger partial charge in [0.2, 0.25) is 0 Å². The lowest BCUT2D eigenvalue weighted by Crippen LogP contribution is -2.30. The van der Waals surface area contributed by atoms with Crippen molar-refractivity contribution >= 4 is 22.9 Å². The Kier molecular flexibility index (Phi) is 6.23. The van der Waals surface area contributed by atoms with E-state index in [1.807, 2.05) is 36.4 Å². The lowest BCUT2D eigenvalue weighted by atomic mass is 9.93. The average Bonchev–Trinajstić information content (AvgIpc) is 3.19. The molecule has 3 aromatic rings. The Balaban J connectivity index is 1.64. The third-order valence-electron chi connectivity index (χ3n) is 4.42. The number of thiazole rings is 1. The molecule has 0 spiro atoms. The maximum atomic E-state index is 12.5. The van der Waals surface area contributed by atoms with E-state index in [-0.39, 0.29) is 11.3 Å². The number of nitrogens with zero attached hydrogens (tertiary/aromatic N) is 1. The summed E-state index contributed by atoms with van der Waals surface area (Å²) in [5.74, 6) is 0.993. The summed E-state index contributed by atoms with van der Waals surface area (Å²) in [4.78, 5) is 17.2. The molecule has 29 heavy (non-hydrogen) atoms. The van der Waals surface area contributed by atoms with E-state index in [2.05, 4.69) is 31.5 Å². The van der Waals surface area contributed by atoms with Gasteiger partial charge in [0.15, 0.2) is 6.10 Å². The number of anilines is 1. The molecule has 0 saturated heterocycles. The summed E-state index contributed by atoms with van der Waals surface area (Å²) >= 11 is 1.63. The molecule has 1 aromatic heterocycles. The lowest BCUT2D eigenvalue weighted by molar-refractivity contribution is -0.122. The van der Waals surface area contributed by atoms with Gasteiger partial charge in [-0.05, 0) is 43.3 Å². The highest BCUT2D eigenvalue weighted by Crippen LogP contribution is 2.31. The highest BCUT2D eigenvalue weighted by atomic mass is 32.1. The predicted octanol–water partition coefficient (Wildman–Crippen LogP) is 5.52. The molecule has 0 aliphatic heterocycles. The molecule has 0 unspecified atom stereocenters. The van der Waals surface area contributed by atoms with E-state index >= 15 is 0 Å². The van der Waals surface area contributed by atoms with Crippen LogP contribution < -0.4 is 14.8 Å². The van der Waals surface area contributed by atoms with Crippen molar-refractivity contribution in [3.63, 3.8) is 0 Å². The molecular weight excluding hydrogens is 384 g/mol. The molecule has 0 fully saturated rings. The van der Waals surface area contributed by atoms with Crippen LogP contribution in [0.1, 0.15) is 33.4 Å². The number of nitrogens with one attached hydrogen (secondary N) is 1. The quantitative estimate of drug-likeness (QED) is 0.581. The first kappa shape index (κ1) is 20.9. The third-order valence-corrected chi connectivity index (χ3v) is 5.31. The zero-order chi connectivity index (χ0) is 21.0. The molecule has 5 nitrogen and oxygen atoms in total. The molecule has 152 valence electrons. The molecule has 0 aliphatic rings. The van der Waals surface area contributed by atoms with Gasteiger partial charge in [-0.25, -0.2) is 4.98 Å². The first-order valence-electron chi connectivity index (χ1n) is 9.45. The molecule has 1 heterocycles. The van der Waals surface area contributed by atoms with Crippen LogP contribution >= 0.6 is 11.3 Å². The molecule has 6 heteroatoms. The molecule has 0 aliphatic carbocycles. The fourth-order valence-electron chi connectivity index (χ4n) is 2.67. The van der Waals surface area contributed by atoms with Crippen molar-refractivity contribution in [3.8, 4) is 22.1 Å². The molecule has 0 saturated carbocycles. The first-order chi connectivity index (χ1) is 13.8. The van der Waals surface area contributed by atoms with Crippen molar-refractivity contribution < 1.29 is 14.3 Å². The number of methoxy groups -OCH3 is 1. The highest BCUT2D eigenvalue weighted by Gasteiger charge is 2.19. The fourth-order valence-corrected chi connectivity index (χ4v) is 3.72. The number of carbonyl (C=O) groups excluding carboxylic acids is 1. The second-order valence-electron chi connectivity index (χ2n) is 7.76. The molecule has 0 radical (unpaired) electrons. The zero-order valence-corrected chi connectivity index (χ0v) is 18.2. The number of ether oxygens (including phenoxy) is 2. The van der Waals surface area contributed by atoms with Crippen molar-refractivity contribution in [1.82, 2.24) is 4.98 Å². The molecule has 1 N–H and O–H groups in total. The minimum absolute atomic E-state index is 0.0298. The Morgan fingerprint density at radius 1 is 1.10 bits per heavy atom. The predicted molar refractivity (Wildman–Crippen MR) is 118 cm³/mol. The molecule has 1 amide bonds. The summed E-state index contributed by atoms with van der Waals surface area (Å²) in [7, 11) is 1.57. The van der Waals surface area contributed by atoms with Gasteiger partial charge in [-0.2, -0.15) is 0 Å². The first-order valence-corrected chi connectivity index (χ1v) is 10.3. The van der Waals surface area contributed by atoms with Crippen molar-refractivity contribution in [2.24, 2.45) is 0 Å². The number of benzene rings is 2. The Hall–Kier alpha value is -2.86. The number of aromatic nitrogens is 1. The van der Waals surface area contributed by atoms with Crippen LogP contribution in [0.25, 0.3) is 10.6 Å². The van der Waals surface area contributed by atoms with Crippen LogP contribution in [0.2, 0.25) is 0 Å². The van der Waals surface area contributed by atoms with Gasteiger partial charge < -0.3 is 14.8 Å². The van der Waals surface area contributed by atoms with Crippen LogP contribution in [0.5, 0.6) is 11.5 Å². The topological polar surface area (TPSA) is 60.5 Å². The standard InChI is InChI=1S/C23H26N2O3S/c1-15(21(26)24-18-8-6-7-9-19(18)27-5)28-17-12-10-16(11-13-17)22-25-20(14-29-22)23(2,3)4/h6-15H,1-5H3,(H,24,26)/t15-/m0/s1. The summed E-state index contributed by atoms with van der Waals surface area (Å²) in [6.07, 6.45) is -0.655. The van der Waals surface area contributed by atoms with Gasteiger partial charge in [0.25, 0.3) is 5.91 Å². The van der Waals surface area contributed by atoms with Crippen LogP contribution in [0.4, 0.5) is 5.69 Å². The minimum atomic E-state index is -0.655. The number of hydrogen-bond acceptors (Lipinski definition) is 5. The summed E-state index contributed by atoms with van der Waals surface area (Å²) in [5, 5.41) is 5.91. The van der Waals surface area contributed by atoms with Gasteiger partial charge >= 0.3 is 0 Å². The van der Waals surface area contributed by atoms with E-state index in [0.29, 0.717) is 17.2 Å².